The van der Waals surface area contributed by atoms with E-state index in [0.29, 0.717) is 35.4 Å². The SMILES string of the molecule is COc1cc(OC)c2cc(C(=O)N[C@@H](Cc3ccccc3)C(=O)N[C@@H](C[C@@H]3CCCNC3=O)C(=O)C(=O)NC3CCCCC3)[nH]c2c1. The Morgan fingerprint density at radius 3 is 2.36 bits per heavy atom. The fourth-order valence-corrected chi connectivity index (χ4v) is 6.39. The first-order chi connectivity index (χ1) is 22.7. The first-order valence-electron chi connectivity index (χ1n) is 16.3. The number of amides is 4. The smallest absolute Gasteiger partial charge is 0.289 e. The van der Waals surface area contributed by atoms with Crippen molar-refractivity contribution in [2.75, 3.05) is 20.8 Å². The van der Waals surface area contributed by atoms with E-state index in [1.54, 1.807) is 18.2 Å². The molecule has 2 aromatic carbocycles. The van der Waals surface area contributed by atoms with Crippen LogP contribution in [0.1, 0.15) is 67.4 Å². The van der Waals surface area contributed by atoms with Gasteiger partial charge in [-0.15, -0.1) is 0 Å². The van der Waals surface area contributed by atoms with Gasteiger partial charge in [-0.1, -0.05) is 49.6 Å². The second-order valence-electron chi connectivity index (χ2n) is 12.3. The number of methoxy groups -OCH3 is 2. The Kier molecular flexibility index (Phi) is 11.1. The van der Waals surface area contributed by atoms with Gasteiger partial charge in [0.05, 0.1) is 25.8 Å². The molecule has 47 heavy (non-hydrogen) atoms. The molecule has 3 aromatic rings. The number of carbonyl (C=O) groups excluding carboxylic acids is 5. The van der Waals surface area contributed by atoms with E-state index >= 15 is 0 Å². The third-order valence-electron chi connectivity index (χ3n) is 9.00. The van der Waals surface area contributed by atoms with Crippen LogP contribution < -0.4 is 30.7 Å². The van der Waals surface area contributed by atoms with Gasteiger partial charge in [0.25, 0.3) is 11.8 Å². The summed E-state index contributed by atoms with van der Waals surface area (Å²) in [6.45, 7) is 0.542. The molecule has 0 radical (unpaired) electrons. The summed E-state index contributed by atoms with van der Waals surface area (Å²) < 4.78 is 10.8. The Hall–Kier alpha value is -4.87. The van der Waals surface area contributed by atoms with Crippen LogP contribution >= 0.6 is 0 Å². The molecule has 0 unspecified atom stereocenters. The first-order valence-corrected chi connectivity index (χ1v) is 16.3. The normalized spacial score (nSPS) is 18.0. The third kappa shape index (κ3) is 8.49. The maximum atomic E-state index is 14.0. The van der Waals surface area contributed by atoms with Gasteiger partial charge in [-0.3, -0.25) is 24.0 Å². The summed E-state index contributed by atoms with van der Waals surface area (Å²) in [6.07, 6.45) is 5.97. The van der Waals surface area contributed by atoms with E-state index in [-0.39, 0.29) is 30.5 Å². The van der Waals surface area contributed by atoms with Gasteiger partial charge >= 0.3 is 0 Å². The van der Waals surface area contributed by atoms with E-state index in [1.807, 2.05) is 30.3 Å². The number of H-pyrrole nitrogens is 1. The van der Waals surface area contributed by atoms with Crippen LogP contribution in [0.4, 0.5) is 0 Å². The maximum Gasteiger partial charge on any atom is 0.289 e. The van der Waals surface area contributed by atoms with Gasteiger partial charge in [-0.05, 0) is 43.7 Å². The van der Waals surface area contributed by atoms with Crippen molar-refractivity contribution in [3.05, 3.63) is 59.8 Å². The van der Waals surface area contributed by atoms with Gasteiger partial charge in [0, 0.05) is 42.4 Å². The van der Waals surface area contributed by atoms with Gasteiger partial charge in [0.1, 0.15) is 23.2 Å². The molecule has 4 amide bonds. The number of Topliss-reactive ketones (excluding diaryl/α,β-unsaturated/α-hetero) is 1. The minimum Gasteiger partial charge on any atom is -0.497 e. The van der Waals surface area contributed by atoms with Gasteiger partial charge < -0.3 is 35.7 Å². The minimum absolute atomic E-state index is 0.0237. The number of ketones is 1. The molecule has 250 valence electrons. The zero-order chi connectivity index (χ0) is 33.3. The second kappa shape index (κ2) is 15.6. The van der Waals surface area contributed by atoms with E-state index in [0.717, 1.165) is 44.1 Å². The molecular formula is C35H43N5O7. The van der Waals surface area contributed by atoms with Gasteiger partial charge in [0.15, 0.2) is 0 Å². The monoisotopic (exact) mass is 645 g/mol. The number of ether oxygens (including phenoxy) is 2. The number of aromatic amines is 1. The molecule has 1 saturated carbocycles. The molecule has 1 aliphatic heterocycles. The van der Waals surface area contributed by atoms with Crippen LogP contribution in [0.25, 0.3) is 10.9 Å². The summed E-state index contributed by atoms with van der Waals surface area (Å²) in [5.41, 5.74) is 1.58. The maximum absolute atomic E-state index is 14.0. The number of fused-ring (bicyclic) bond motifs is 1. The Balaban J connectivity index is 1.38. The lowest BCUT2D eigenvalue weighted by molar-refractivity contribution is -0.141. The molecule has 12 nitrogen and oxygen atoms in total. The van der Waals surface area contributed by atoms with Crippen LogP contribution in [-0.2, 0) is 25.6 Å². The van der Waals surface area contributed by atoms with E-state index in [9.17, 15) is 24.0 Å². The fourth-order valence-electron chi connectivity index (χ4n) is 6.39. The summed E-state index contributed by atoms with van der Waals surface area (Å²) in [5, 5.41) is 11.9. The molecule has 0 spiro atoms. The topological polar surface area (TPSA) is 168 Å². The van der Waals surface area contributed by atoms with Crippen molar-refractivity contribution in [2.45, 2.75) is 75.9 Å². The average molecular weight is 646 g/mol. The standard InChI is InChI=1S/C35H43N5O7/c1-46-24-18-26-25(30(19-24)47-2)20-29(38-26)34(44)40-28(16-21-10-5-3-6-11-21)33(43)39-27(17-22-12-9-15-36-32(22)42)31(41)35(45)37-23-13-7-4-8-14-23/h3,5-6,10-11,18-20,22-23,27-28,38H,4,7-9,12-17H2,1-2H3,(H,36,42)(H,37,45)(H,39,43)(H,40,44)/t22-,27-,28-/m0/s1. The van der Waals surface area contributed by atoms with Crippen molar-refractivity contribution in [1.82, 2.24) is 26.3 Å². The zero-order valence-electron chi connectivity index (χ0n) is 26.9. The summed E-state index contributed by atoms with van der Waals surface area (Å²) in [7, 11) is 3.05. The molecule has 5 N–H and O–H groups in total. The van der Waals surface area contributed by atoms with Crippen LogP contribution in [0.5, 0.6) is 11.5 Å². The molecule has 0 bridgehead atoms. The Bertz CT molecular complexity index is 1600. The summed E-state index contributed by atoms with van der Waals surface area (Å²) >= 11 is 0. The van der Waals surface area contributed by atoms with Gasteiger partial charge in [-0.2, -0.15) is 0 Å². The third-order valence-corrected chi connectivity index (χ3v) is 9.00. The van der Waals surface area contributed by atoms with E-state index in [2.05, 4.69) is 26.3 Å². The van der Waals surface area contributed by atoms with Crippen LogP contribution in [0, 0.1) is 5.92 Å². The summed E-state index contributed by atoms with van der Waals surface area (Å²) in [6, 6.07) is 11.8. The highest BCUT2D eigenvalue weighted by molar-refractivity contribution is 6.38. The predicted octanol–water partition coefficient (Wildman–Crippen LogP) is 2.95. The van der Waals surface area contributed by atoms with Crippen molar-refractivity contribution in [1.29, 1.82) is 0 Å². The lowest BCUT2D eigenvalue weighted by atomic mass is 9.89. The van der Waals surface area contributed by atoms with Crippen LogP contribution in [0.3, 0.4) is 0 Å². The van der Waals surface area contributed by atoms with Crippen molar-refractivity contribution in [3.63, 3.8) is 0 Å². The highest BCUT2D eigenvalue weighted by Gasteiger charge is 2.35. The molecule has 2 fully saturated rings. The lowest BCUT2D eigenvalue weighted by Gasteiger charge is -2.28. The van der Waals surface area contributed by atoms with Gasteiger partial charge in [0.2, 0.25) is 17.6 Å². The van der Waals surface area contributed by atoms with E-state index in [1.165, 1.54) is 14.2 Å². The summed E-state index contributed by atoms with van der Waals surface area (Å²) in [4.78, 5) is 70.0. The van der Waals surface area contributed by atoms with E-state index < -0.39 is 41.5 Å². The molecule has 1 saturated heterocycles. The number of benzene rings is 2. The number of rotatable bonds is 13. The summed E-state index contributed by atoms with van der Waals surface area (Å²) in [5.74, 6) is -2.47. The number of hydrogen-bond acceptors (Lipinski definition) is 7. The van der Waals surface area contributed by atoms with Crippen molar-refractivity contribution in [3.8, 4) is 11.5 Å². The fraction of sp³-hybridized carbons (Fsp3) is 0.457. The highest BCUT2D eigenvalue weighted by Crippen LogP contribution is 2.31. The second-order valence-corrected chi connectivity index (χ2v) is 12.3. The average Bonchev–Trinajstić information content (AvgIpc) is 3.53. The van der Waals surface area contributed by atoms with Crippen molar-refractivity contribution in [2.24, 2.45) is 5.92 Å². The molecule has 1 aliphatic carbocycles. The molecular weight excluding hydrogens is 602 g/mol. The number of hydrogen-bond donors (Lipinski definition) is 5. The number of piperidine rings is 1. The Labute approximate surface area is 273 Å². The Morgan fingerprint density at radius 1 is 0.894 bits per heavy atom. The molecule has 1 aromatic heterocycles. The quantitative estimate of drug-likeness (QED) is 0.178. The van der Waals surface area contributed by atoms with E-state index in [4.69, 9.17) is 9.47 Å². The molecule has 2 aliphatic rings. The van der Waals surface area contributed by atoms with Crippen LogP contribution in [0.2, 0.25) is 0 Å². The number of nitrogens with one attached hydrogen (secondary N) is 5. The van der Waals surface area contributed by atoms with Crippen molar-refractivity contribution < 1.29 is 33.4 Å². The largest absolute Gasteiger partial charge is 0.497 e. The Morgan fingerprint density at radius 2 is 1.66 bits per heavy atom. The predicted molar refractivity (Wildman–Crippen MR) is 175 cm³/mol. The lowest BCUT2D eigenvalue weighted by Crippen LogP contribution is -2.56. The minimum atomic E-state index is -1.25. The van der Waals surface area contributed by atoms with Gasteiger partial charge in [-0.25, -0.2) is 0 Å². The molecule has 5 rings (SSSR count). The molecule has 3 atom stereocenters. The zero-order valence-corrected chi connectivity index (χ0v) is 26.9. The van der Waals surface area contributed by atoms with Crippen molar-refractivity contribution >= 4 is 40.3 Å². The molecule has 2 heterocycles. The molecule has 12 heteroatoms. The number of carbonyl (C=O) groups is 5. The van der Waals surface area contributed by atoms with Crippen LogP contribution in [-0.4, -0.2) is 73.3 Å². The first kappa shape index (κ1) is 33.5. The highest BCUT2D eigenvalue weighted by atomic mass is 16.5. The van der Waals surface area contributed by atoms with Crippen LogP contribution in [0.15, 0.2) is 48.5 Å². The number of aromatic nitrogens is 1.